The Morgan fingerprint density at radius 1 is 1.39 bits per heavy atom. The zero-order chi connectivity index (χ0) is 29.8. The number of hydrogen-bond acceptors (Lipinski definition) is 15. The van der Waals surface area contributed by atoms with E-state index >= 15 is 0 Å². The number of thiazole rings is 1. The molecule has 0 bridgehead atoms. The van der Waals surface area contributed by atoms with Gasteiger partial charge < -0.3 is 25.7 Å². The number of carbonyl (C=O) groups is 4. The molecule has 216 valence electrons. The number of ether oxygens (including phenoxy) is 1. The van der Waals surface area contributed by atoms with E-state index in [1.165, 1.54) is 24.3 Å². The van der Waals surface area contributed by atoms with E-state index in [0.29, 0.717) is 0 Å². The van der Waals surface area contributed by atoms with Crippen LogP contribution in [0.4, 0.5) is 5.13 Å². The molecular weight excluding hydrogens is 604 g/mol. The van der Waals surface area contributed by atoms with E-state index in [1.54, 1.807) is 0 Å². The zero-order valence-electron chi connectivity index (χ0n) is 20.9. The lowest BCUT2D eigenvalue weighted by molar-refractivity contribution is -0.150. The lowest BCUT2D eigenvalue weighted by Crippen LogP contribution is -2.71. The highest BCUT2D eigenvalue weighted by Crippen LogP contribution is 2.41. The van der Waals surface area contributed by atoms with E-state index < -0.39 is 40.3 Å². The highest BCUT2D eigenvalue weighted by atomic mass is 32.2. The van der Waals surface area contributed by atoms with Gasteiger partial charge in [-0.05, 0) is 5.57 Å². The first-order valence-electron chi connectivity index (χ1n) is 11.4. The molecule has 1 saturated heterocycles. The summed E-state index contributed by atoms with van der Waals surface area (Å²) in [5.41, 5.74) is 3.45. The molecule has 2 aliphatic heterocycles. The predicted octanol–water partition coefficient (Wildman–Crippen LogP) is -1.96. The molecule has 0 radical (unpaired) electrons. The molecule has 2 aromatic heterocycles. The number of nitrogens with two attached hydrogens (primary N) is 1. The van der Waals surface area contributed by atoms with Crippen molar-refractivity contribution in [2.45, 2.75) is 24.4 Å². The van der Waals surface area contributed by atoms with E-state index in [4.69, 9.17) is 22.8 Å². The highest BCUT2D eigenvalue weighted by molar-refractivity contribution is 8.00. The molecule has 4 rings (SSSR count). The number of anilines is 1. The van der Waals surface area contributed by atoms with Crippen molar-refractivity contribution in [3.05, 3.63) is 48.9 Å². The number of H-pyrrole nitrogens is 1. The number of β-lactam (4-membered cyclic amide) rings is 1. The molecule has 2 aliphatic rings. The molecule has 17 nitrogen and oxygen atoms in total. The Bertz CT molecular complexity index is 1610. The first-order chi connectivity index (χ1) is 19.6. The topological polar surface area (TPSA) is 241 Å². The van der Waals surface area contributed by atoms with Crippen LogP contribution in [0.25, 0.3) is 0 Å². The second kappa shape index (κ2) is 12.4. The summed E-state index contributed by atoms with van der Waals surface area (Å²) >= 11 is 7.68. The van der Waals surface area contributed by atoms with Crippen molar-refractivity contribution in [3.8, 4) is 0 Å². The highest BCUT2D eigenvalue weighted by Gasteiger charge is 2.54. The Kier molecular flexibility index (Phi) is 8.93. The minimum absolute atomic E-state index is 0.00182. The Hall–Kier alpha value is -4.43. The molecular formula is C21H20N8O9S3. The lowest BCUT2D eigenvalue weighted by atomic mass is 10.00. The second-order valence-electron chi connectivity index (χ2n) is 8.21. The summed E-state index contributed by atoms with van der Waals surface area (Å²) in [7, 11) is 1.23. The van der Waals surface area contributed by atoms with Crippen molar-refractivity contribution in [1.29, 1.82) is 0 Å². The number of nitrogen functional groups attached to an aromatic ring is 1. The van der Waals surface area contributed by atoms with Crippen LogP contribution >= 0.6 is 35.3 Å². The smallest absolute Gasteiger partial charge is 0.352 e. The van der Waals surface area contributed by atoms with Crippen LogP contribution in [0.15, 0.2) is 31.4 Å². The van der Waals surface area contributed by atoms with Gasteiger partial charge in [0, 0.05) is 17.6 Å². The minimum Gasteiger partial charge on any atom is -0.477 e. The average molecular weight is 625 g/mol. The van der Waals surface area contributed by atoms with Gasteiger partial charge in [0.05, 0.1) is 11.4 Å². The number of carboxylic acid groups (broad SMARTS) is 1. The number of nitrogens with one attached hydrogen (secondary N) is 2. The van der Waals surface area contributed by atoms with E-state index in [0.717, 1.165) is 20.8 Å². The van der Waals surface area contributed by atoms with Gasteiger partial charge >= 0.3 is 17.1 Å². The molecule has 2 unspecified atom stereocenters. The van der Waals surface area contributed by atoms with Crippen LogP contribution in [0.5, 0.6) is 0 Å². The molecule has 0 aliphatic carbocycles. The predicted molar refractivity (Wildman–Crippen MR) is 147 cm³/mol. The van der Waals surface area contributed by atoms with Crippen molar-refractivity contribution in [2.75, 3.05) is 25.2 Å². The first-order valence-corrected chi connectivity index (χ1v) is 13.7. The number of aromatic amines is 1. The molecule has 41 heavy (non-hydrogen) atoms. The SMILES string of the molecule is CON=C(C(=O)NC1C(=O)N2C(C(=O)O)=C(CC(=S)c3n[nH]c(=O)c(=O)n3CCOC=O)CSC12)c1csc(N)n1. The summed E-state index contributed by atoms with van der Waals surface area (Å²) in [6.07, 6.45) is -0.194. The van der Waals surface area contributed by atoms with Gasteiger partial charge in [0.1, 0.15) is 36.5 Å². The van der Waals surface area contributed by atoms with Crippen molar-refractivity contribution >= 4 is 75.3 Å². The number of thiocarbonyl (C=S) groups is 1. The lowest BCUT2D eigenvalue weighted by Gasteiger charge is -2.49. The number of aliphatic carboxylic acids is 1. The van der Waals surface area contributed by atoms with Gasteiger partial charge in [-0.1, -0.05) is 17.4 Å². The number of carboxylic acids is 1. The van der Waals surface area contributed by atoms with Crippen LogP contribution in [0.2, 0.25) is 0 Å². The normalized spacial score (nSPS) is 18.3. The second-order valence-corrected chi connectivity index (χ2v) is 10.7. The third-order valence-electron chi connectivity index (χ3n) is 5.78. The Morgan fingerprint density at radius 2 is 2.15 bits per heavy atom. The molecule has 20 heteroatoms. The number of aromatic nitrogens is 4. The van der Waals surface area contributed by atoms with Crippen LogP contribution in [0.1, 0.15) is 17.9 Å². The number of oxime groups is 1. The summed E-state index contributed by atoms with van der Waals surface area (Å²) in [4.78, 5) is 82.6. The van der Waals surface area contributed by atoms with Crippen LogP contribution < -0.4 is 22.2 Å². The molecule has 1 fully saturated rings. The van der Waals surface area contributed by atoms with E-state index in [2.05, 4.69) is 25.3 Å². The molecule has 2 atom stereocenters. The largest absolute Gasteiger partial charge is 0.477 e. The molecule has 0 aromatic carbocycles. The Labute approximate surface area is 242 Å². The van der Waals surface area contributed by atoms with E-state index in [1.807, 2.05) is 5.10 Å². The van der Waals surface area contributed by atoms with Gasteiger partial charge in [0.25, 0.3) is 18.3 Å². The van der Waals surface area contributed by atoms with Gasteiger partial charge in [-0.3, -0.25) is 33.4 Å². The molecule has 5 N–H and O–H groups in total. The van der Waals surface area contributed by atoms with Gasteiger partial charge in [0.2, 0.25) is 0 Å². The number of fused-ring (bicyclic) bond motifs is 1. The summed E-state index contributed by atoms with van der Waals surface area (Å²) in [5.74, 6) is -2.89. The number of hydrogen-bond donors (Lipinski definition) is 4. The van der Waals surface area contributed by atoms with E-state index in [9.17, 15) is 33.9 Å². The Morgan fingerprint density at radius 3 is 2.78 bits per heavy atom. The monoisotopic (exact) mass is 624 g/mol. The van der Waals surface area contributed by atoms with Crippen molar-refractivity contribution < 1.29 is 33.9 Å². The quantitative estimate of drug-likeness (QED) is 0.0293. The van der Waals surface area contributed by atoms with Crippen molar-refractivity contribution in [2.24, 2.45) is 5.16 Å². The number of carbonyl (C=O) groups excluding carboxylic acids is 3. The molecule has 2 amide bonds. The first kappa shape index (κ1) is 29.6. The van der Waals surface area contributed by atoms with E-state index in [-0.39, 0.29) is 70.3 Å². The maximum absolute atomic E-state index is 13.1. The number of thioether (sulfide) groups is 1. The van der Waals surface area contributed by atoms with Gasteiger partial charge in [0.15, 0.2) is 16.7 Å². The maximum atomic E-state index is 13.1. The third kappa shape index (κ3) is 5.88. The van der Waals surface area contributed by atoms with Crippen molar-refractivity contribution in [3.63, 3.8) is 0 Å². The van der Waals surface area contributed by atoms with Gasteiger partial charge in [-0.25, -0.2) is 14.9 Å². The average Bonchev–Trinajstić information content (AvgIpc) is 3.37. The summed E-state index contributed by atoms with van der Waals surface area (Å²) in [6.45, 7) is -0.296. The van der Waals surface area contributed by atoms with Crippen LogP contribution in [-0.4, -0.2) is 95.5 Å². The van der Waals surface area contributed by atoms with Gasteiger partial charge in [-0.2, -0.15) is 5.10 Å². The maximum Gasteiger partial charge on any atom is 0.352 e. The zero-order valence-corrected chi connectivity index (χ0v) is 23.3. The van der Waals surface area contributed by atoms with Crippen molar-refractivity contribution in [1.82, 2.24) is 30.0 Å². The number of rotatable bonds is 12. The molecule has 4 heterocycles. The fraction of sp³-hybridized carbons (Fsp3) is 0.333. The minimum atomic E-state index is -1.41. The Balaban J connectivity index is 1.55. The number of nitrogens with zero attached hydrogens (tertiary/aromatic N) is 5. The number of amides is 2. The third-order valence-corrected chi connectivity index (χ3v) is 8.12. The van der Waals surface area contributed by atoms with Gasteiger partial charge in [-0.15, -0.1) is 23.1 Å². The molecule has 0 saturated carbocycles. The fourth-order valence-electron chi connectivity index (χ4n) is 4.04. The fourth-order valence-corrected chi connectivity index (χ4v) is 6.26. The molecule has 2 aromatic rings. The van der Waals surface area contributed by atoms with Crippen LogP contribution in [0.3, 0.4) is 0 Å². The summed E-state index contributed by atoms with van der Waals surface area (Å²) in [5, 5.41) is 23.0. The van der Waals surface area contributed by atoms with Crippen LogP contribution in [-0.2, 0) is 35.3 Å². The summed E-state index contributed by atoms with van der Waals surface area (Å²) in [6, 6.07) is -1.07. The molecule has 0 spiro atoms. The van der Waals surface area contributed by atoms with Crippen LogP contribution in [0, 0.1) is 0 Å². The standard InChI is InChI=1S/C21H20N8O9S3/c1-37-27-11(9-6-41-21(22)23-9)15(31)24-12-17(33)29-13(20(35)36)8(5-40-19(12)29)4-10(39)14-25-26-16(32)18(34)28(14)2-3-38-7-30/h6-7,12,19H,2-5H2,1H3,(H2,22,23)(H,24,31)(H,26,32)(H,35,36). The summed E-state index contributed by atoms with van der Waals surface area (Å²) < 4.78 is 5.51.